The van der Waals surface area contributed by atoms with Gasteiger partial charge in [0, 0.05) is 18.7 Å². The molecule has 2 nitrogen and oxygen atoms in total. The Bertz CT molecular complexity index is 453. The van der Waals surface area contributed by atoms with E-state index in [0.29, 0.717) is 6.54 Å². The minimum Gasteiger partial charge on any atom is -0.295 e. The molecule has 2 aliphatic rings. The van der Waals surface area contributed by atoms with E-state index in [1.54, 1.807) is 0 Å². The molecule has 1 aromatic carbocycles. The zero-order valence-corrected chi connectivity index (χ0v) is 12.5. The summed E-state index contributed by atoms with van der Waals surface area (Å²) in [6, 6.07) is 8.22. The summed E-state index contributed by atoms with van der Waals surface area (Å²) in [5, 5.41) is 0. The molecule has 2 fully saturated rings. The van der Waals surface area contributed by atoms with Crippen LogP contribution in [0.1, 0.15) is 48.5 Å². The lowest BCUT2D eigenvalue weighted by Gasteiger charge is -2.15. The molecule has 1 aliphatic heterocycles. The molecule has 108 valence electrons. The van der Waals surface area contributed by atoms with Crippen molar-refractivity contribution < 1.29 is 4.79 Å². The molecule has 0 spiro atoms. The molecule has 0 amide bonds. The first kappa shape index (κ1) is 13.8. The van der Waals surface area contributed by atoms with Gasteiger partial charge in [-0.05, 0) is 36.7 Å². The van der Waals surface area contributed by atoms with Crippen molar-refractivity contribution in [1.29, 1.82) is 0 Å². The number of hydrogen-bond donors (Lipinski definition) is 0. The SMILES string of the molecule is CCCc1ccc(C(=O)CN2CC3CCCC3C2)cc1. The number of rotatable bonds is 5. The number of likely N-dealkylation sites (tertiary alicyclic amines) is 1. The van der Waals surface area contributed by atoms with E-state index in [4.69, 9.17) is 0 Å². The fraction of sp³-hybridized carbons (Fsp3) is 0.611. The van der Waals surface area contributed by atoms with Crippen LogP contribution < -0.4 is 0 Å². The Morgan fingerprint density at radius 2 is 1.80 bits per heavy atom. The minimum absolute atomic E-state index is 0.285. The monoisotopic (exact) mass is 271 g/mol. The van der Waals surface area contributed by atoms with E-state index in [1.165, 1.54) is 24.8 Å². The standard InChI is InChI=1S/C18H25NO/c1-2-4-14-7-9-15(10-8-14)18(20)13-19-11-16-5-3-6-17(16)12-19/h7-10,16-17H,2-6,11-13H2,1H3. The summed E-state index contributed by atoms with van der Waals surface area (Å²) in [7, 11) is 0. The van der Waals surface area contributed by atoms with E-state index in [0.717, 1.165) is 43.3 Å². The smallest absolute Gasteiger partial charge is 0.176 e. The fourth-order valence-corrected chi connectivity index (χ4v) is 3.90. The summed E-state index contributed by atoms with van der Waals surface area (Å²) in [6.07, 6.45) is 6.41. The number of carbonyl (C=O) groups is 1. The number of benzene rings is 1. The van der Waals surface area contributed by atoms with Crippen molar-refractivity contribution in [3.8, 4) is 0 Å². The molecule has 3 rings (SSSR count). The fourth-order valence-electron chi connectivity index (χ4n) is 3.90. The van der Waals surface area contributed by atoms with E-state index in [2.05, 4.69) is 24.0 Å². The van der Waals surface area contributed by atoms with Gasteiger partial charge in [0.25, 0.3) is 0 Å². The molecule has 1 aromatic rings. The van der Waals surface area contributed by atoms with Crippen LogP contribution in [0.25, 0.3) is 0 Å². The van der Waals surface area contributed by atoms with Crippen LogP contribution in [0.15, 0.2) is 24.3 Å². The second-order valence-corrected chi connectivity index (χ2v) is 6.52. The number of Topliss-reactive ketones (excluding diaryl/α,β-unsaturated/α-hetero) is 1. The molecule has 0 bridgehead atoms. The van der Waals surface area contributed by atoms with Gasteiger partial charge in [0.2, 0.25) is 0 Å². The highest BCUT2D eigenvalue weighted by atomic mass is 16.1. The van der Waals surface area contributed by atoms with Gasteiger partial charge >= 0.3 is 0 Å². The Labute approximate surface area is 122 Å². The lowest BCUT2D eigenvalue weighted by Crippen LogP contribution is -2.28. The maximum absolute atomic E-state index is 12.3. The third-order valence-electron chi connectivity index (χ3n) is 4.98. The number of aryl methyl sites for hydroxylation is 1. The van der Waals surface area contributed by atoms with Gasteiger partial charge < -0.3 is 0 Å². The summed E-state index contributed by atoms with van der Waals surface area (Å²) in [4.78, 5) is 14.7. The molecule has 0 aromatic heterocycles. The molecule has 1 saturated carbocycles. The van der Waals surface area contributed by atoms with Crippen molar-refractivity contribution >= 4 is 5.78 Å². The third kappa shape index (κ3) is 2.95. The predicted octanol–water partition coefficient (Wildman–Crippen LogP) is 3.55. The van der Waals surface area contributed by atoms with Crippen LogP contribution in [0.5, 0.6) is 0 Å². The zero-order valence-electron chi connectivity index (χ0n) is 12.5. The van der Waals surface area contributed by atoms with Gasteiger partial charge in [0.05, 0.1) is 6.54 Å². The lowest BCUT2D eigenvalue weighted by atomic mass is 10.0. The summed E-state index contributed by atoms with van der Waals surface area (Å²) in [6.45, 7) is 5.08. The maximum atomic E-state index is 12.3. The minimum atomic E-state index is 0.285. The summed E-state index contributed by atoms with van der Waals surface area (Å²) in [5.74, 6) is 2.03. The molecular formula is C18H25NO. The van der Waals surface area contributed by atoms with Crippen molar-refractivity contribution in [2.45, 2.75) is 39.0 Å². The number of hydrogen-bond acceptors (Lipinski definition) is 2. The Hall–Kier alpha value is -1.15. The second kappa shape index (κ2) is 6.09. The van der Waals surface area contributed by atoms with Gasteiger partial charge in [-0.25, -0.2) is 0 Å². The Balaban J connectivity index is 1.56. The Morgan fingerprint density at radius 3 is 2.40 bits per heavy atom. The second-order valence-electron chi connectivity index (χ2n) is 6.52. The third-order valence-corrected chi connectivity index (χ3v) is 4.98. The summed E-state index contributed by atoms with van der Waals surface area (Å²) in [5.41, 5.74) is 2.21. The number of ketones is 1. The van der Waals surface area contributed by atoms with E-state index in [-0.39, 0.29) is 5.78 Å². The van der Waals surface area contributed by atoms with Crippen LogP contribution in [0.2, 0.25) is 0 Å². The van der Waals surface area contributed by atoms with Crippen molar-refractivity contribution in [3.05, 3.63) is 35.4 Å². The van der Waals surface area contributed by atoms with Crippen LogP contribution in [-0.4, -0.2) is 30.3 Å². The highest BCUT2D eigenvalue weighted by Gasteiger charge is 2.36. The molecule has 2 unspecified atom stereocenters. The first-order valence-corrected chi connectivity index (χ1v) is 8.10. The van der Waals surface area contributed by atoms with Crippen molar-refractivity contribution in [2.75, 3.05) is 19.6 Å². The van der Waals surface area contributed by atoms with Crippen molar-refractivity contribution in [1.82, 2.24) is 4.90 Å². The van der Waals surface area contributed by atoms with E-state index < -0.39 is 0 Å². The first-order chi connectivity index (χ1) is 9.76. The summed E-state index contributed by atoms with van der Waals surface area (Å²) < 4.78 is 0. The van der Waals surface area contributed by atoms with Crippen LogP contribution in [0.3, 0.4) is 0 Å². The van der Waals surface area contributed by atoms with Gasteiger partial charge in [0.1, 0.15) is 0 Å². The Kier molecular flexibility index (Phi) is 4.21. The molecule has 1 heterocycles. The number of fused-ring (bicyclic) bond motifs is 1. The molecule has 0 N–H and O–H groups in total. The molecular weight excluding hydrogens is 246 g/mol. The van der Waals surface area contributed by atoms with Crippen molar-refractivity contribution in [3.63, 3.8) is 0 Å². The van der Waals surface area contributed by atoms with Crippen LogP contribution in [0.4, 0.5) is 0 Å². The first-order valence-electron chi connectivity index (χ1n) is 8.10. The lowest BCUT2D eigenvalue weighted by molar-refractivity contribution is 0.0941. The zero-order chi connectivity index (χ0) is 13.9. The normalized spacial score (nSPS) is 25.9. The average Bonchev–Trinajstić information content (AvgIpc) is 3.01. The largest absolute Gasteiger partial charge is 0.295 e. The quantitative estimate of drug-likeness (QED) is 0.763. The van der Waals surface area contributed by atoms with Crippen molar-refractivity contribution in [2.24, 2.45) is 11.8 Å². The highest BCUT2D eigenvalue weighted by molar-refractivity contribution is 5.97. The topological polar surface area (TPSA) is 20.3 Å². The molecule has 2 atom stereocenters. The van der Waals surface area contributed by atoms with Gasteiger partial charge in [-0.1, -0.05) is 44.0 Å². The molecule has 20 heavy (non-hydrogen) atoms. The molecule has 0 radical (unpaired) electrons. The van der Waals surface area contributed by atoms with E-state index in [1.807, 2.05) is 12.1 Å². The molecule has 1 saturated heterocycles. The van der Waals surface area contributed by atoms with E-state index >= 15 is 0 Å². The van der Waals surface area contributed by atoms with Gasteiger partial charge in [-0.15, -0.1) is 0 Å². The number of nitrogens with zero attached hydrogens (tertiary/aromatic N) is 1. The molecule has 1 aliphatic carbocycles. The van der Waals surface area contributed by atoms with Crippen LogP contribution in [-0.2, 0) is 6.42 Å². The summed E-state index contributed by atoms with van der Waals surface area (Å²) >= 11 is 0. The Morgan fingerprint density at radius 1 is 1.15 bits per heavy atom. The van der Waals surface area contributed by atoms with Gasteiger partial charge in [0.15, 0.2) is 5.78 Å². The average molecular weight is 271 g/mol. The number of carbonyl (C=O) groups excluding carboxylic acids is 1. The van der Waals surface area contributed by atoms with Gasteiger partial charge in [-0.3, -0.25) is 9.69 Å². The van der Waals surface area contributed by atoms with Crippen LogP contribution in [0, 0.1) is 11.8 Å². The maximum Gasteiger partial charge on any atom is 0.176 e. The van der Waals surface area contributed by atoms with Crippen LogP contribution >= 0.6 is 0 Å². The predicted molar refractivity (Wildman–Crippen MR) is 82.0 cm³/mol. The highest BCUT2D eigenvalue weighted by Crippen LogP contribution is 2.37. The molecule has 2 heteroatoms. The van der Waals surface area contributed by atoms with Gasteiger partial charge in [-0.2, -0.15) is 0 Å². The van der Waals surface area contributed by atoms with E-state index in [9.17, 15) is 4.79 Å².